The summed E-state index contributed by atoms with van der Waals surface area (Å²) in [5.74, 6) is 1.77. The molecule has 74 valence electrons. The zero-order chi connectivity index (χ0) is 9.84. The molecule has 0 bridgehead atoms. The molecule has 0 aliphatic carbocycles. The van der Waals surface area contributed by atoms with E-state index in [1.54, 1.807) is 6.92 Å². The largest absolute Gasteiger partial charge is 0.393 e. The van der Waals surface area contributed by atoms with Gasteiger partial charge in [-0.2, -0.15) is 4.98 Å². The number of aromatic nitrogens is 2. The summed E-state index contributed by atoms with van der Waals surface area (Å²) in [4.78, 5) is 4.15. The van der Waals surface area contributed by atoms with Crippen molar-refractivity contribution in [1.29, 1.82) is 0 Å². The molecular weight excluding hydrogens is 168 g/mol. The average molecular weight is 184 g/mol. The van der Waals surface area contributed by atoms with Gasteiger partial charge in [0.15, 0.2) is 5.82 Å². The van der Waals surface area contributed by atoms with Crippen LogP contribution in [-0.4, -0.2) is 21.4 Å². The van der Waals surface area contributed by atoms with E-state index in [0.29, 0.717) is 18.2 Å². The smallest absolute Gasteiger partial charge is 0.229 e. The Bertz CT molecular complexity index is 231. The van der Waals surface area contributed by atoms with Crippen molar-refractivity contribution < 1.29 is 9.63 Å². The summed E-state index contributed by atoms with van der Waals surface area (Å²) in [6.07, 6.45) is 0.835. The minimum Gasteiger partial charge on any atom is -0.393 e. The first-order valence-corrected chi connectivity index (χ1v) is 4.57. The van der Waals surface area contributed by atoms with E-state index >= 15 is 0 Å². The maximum atomic E-state index is 9.07. The third kappa shape index (κ3) is 3.55. The maximum Gasteiger partial charge on any atom is 0.229 e. The van der Waals surface area contributed by atoms with E-state index in [-0.39, 0.29) is 0 Å². The van der Waals surface area contributed by atoms with E-state index in [4.69, 9.17) is 9.63 Å². The second kappa shape index (κ2) is 4.37. The van der Waals surface area contributed by atoms with Crippen molar-refractivity contribution in [3.05, 3.63) is 11.7 Å². The van der Waals surface area contributed by atoms with Crippen LogP contribution >= 0.6 is 0 Å². The number of hydrogen-bond acceptors (Lipinski definition) is 4. The standard InChI is InChI=1S/C9H16N2O2/c1-6(2)4-8-10-9(13-11-8)5-7(3)12/h6-7,12H,4-5H2,1-3H3. The third-order valence-corrected chi connectivity index (χ3v) is 1.57. The molecule has 4 heteroatoms. The molecule has 1 atom stereocenters. The van der Waals surface area contributed by atoms with Crippen LogP contribution in [0.2, 0.25) is 0 Å². The van der Waals surface area contributed by atoms with Gasteiger partial charge in [-0.25, -0.2) is 0 Å². The van der Waals surface area contributed by atoms with Crippen LogP contribution in [0.4, 0.5) is 0 Å². The molecule has 1 rings (SSSR count). The Balaban J connectivity index is 2.53. The molecule has 0 spiro atoms. The van der Waals surface area contributed by atoms with E-state index in [2.05, 4.69) is 24.0 Å². The second-order valence-corrected chi connectivity index (χ2v) is 3.76. The number of nitrogens with zero attached hydrogens (tertiary/aromatic N) is 2. The number of aliphatic hydroxyl groups excluding tert-OH is 1. The molecule has 1 aromatic heterocycles. The lowest BCUT2D eigenvalue weighted by atomic mass is 10.1. The quantitative estimate of drug-likeness (QED) is 0.763. The van der Waals surface area contributed by atoms with E-state index in [1.807, 2.05) is 0 Å². The topological polar surface area (TPSA) is 59.2 Å². The molecule has 0 saturated carbocycles. The molecule has 0 radical (unpaired) electrons. The molecule has 0 aliphatic heterocycles. The van der Waals surface area contributed by atoms with Gasteiger partial charge in [-0.3, -0.25) is 0 Å². The molecule has 1 unspecified atom stereocenters. The van der Waals surface area contributed by atoms with Crippen LogP contribution in [0.15, 0.2) is 4.52 Å². The highest BCUT2D eigenvalue weighted by Gasteiger charge is 2.09. The summed E-state index contributed by atoms with van der Waals surface area (Å²) < 4.78 is 4.96. The normalized spacial score (nSPS) is 13.6. The predicted molar refractivity (Wildman–Crippen MR) is 48.2 cm³/mol. The monoisotopic (exact) mass is 184 g/mol. The van der Waals surface area contributed by atoms with Gasteiger partial charge in [0.2, 0.25) is 5.89 Å². The van der Waals surface area contributed by atoms with Gasteiger partial charge in [0, 0.05) is 6.42 Å². The fourth-order valence-electron chi connectivity index (χ4n) is 1.07. The highest BCUT2D eigenvalue weighted by atomic mass is 16.5. The van der Waals surface area contributed by atoms with Gasteiger partial charge in [0.25, 0.3) is 0 Å². The predicted octanol–water partition coefficient (Wildman–Crippen LogP) is 1.19. The Morgan fingerprint density at radius 1 is 1.31 bits per heavy atom. The maximum absolute atomic E-state index is 9.07. The Labute approximate surface area is 78.0 Å². The Morgan fingerprint density at radius 3 is 2.54 bits per heavy atom. The fourth-order valence-corrected chi connectivity index (χ4v) is 1.07. The van der Waals surface area contributed by atoms with E-state index in [0.717, 1.165) is 12.2 Å². The lowest BCUT2D eigenvalue weighted by molar-refractivity contribution is 0.181. The summed E-state index contributed by atoms with van der Waals surface area (Å²) in [6.45, 7) is 5.90. The third-order valence-electron chi connectivity index (χ3n) is 1.57. The zero-order valence-corrected chi connectivity index (χ0v) is 8.32. The van der Waals surface area contributed by atoms with Crippen molar-refractivity contribution in [3.8, 4) is 0 Å². The number of rotatable bonds is 4. The molecule has 0 aliphatic rings. The fraction of sp³-hybridized carbons (Fsp3) is 0.778. The van der Waals surface area contributed by atoms with Gasteiger partial charge in [-0.05, 0) is 12.8 Å². The van der Waals surface area contributed by atoms with Gasteiger partial charge in [0.05, 0.1) is 12.5 Å². The van der Waals surface area contributed by atoms with Crippen molar-refractivity contribution in [2.24, 2.45) is 5.92 Å². The first-order valence-electron chi connectivity index (χ1n) is 4.57. The van der Waals surface area contributed by atoms with Crippen LogP contribution < -0.4 is 0 Å². The van der Waals surface area contributed by atoms with Crippen molar-refractivity contribution in [1.82, 2.24) is 10.1 Å². The van der Waals surface area contributed by atoms with Crippen LogP contribution in [0, 0.1) is 5.92 Å². The average Bonchev–Trinajstić information content (AvgIpc) is 2.33. The first kappa shape index (κ1) is 10.2. The highest BCUT2D eigenvalue weighted by molar-refractivity contribution is 4.88. The first-order chi connectivity index (χ1) is 6.08. The molecule has 1 heterocycles. The van der Waals surface area contributed by atoms with Crippen LogP contribution in [0.1, 0.15) is 32.5 Å². The molecule has 0 fully saturated rings. The lowest BCUT2D eigenvalue weighted by Crippen LogP contribution is -2.04. The van der Waals surface area contributed by atoms with E-state index < -0.39 is 6.10 Å². The molecule has 1 aromatic rings. The van der Waals surface area contributed by atoms with Crippen molar-refractivity contribution in [3.63, 3.8) is 0 Å². The summed E-state index contributed by atoms with van der Waals surface area (Å²) in [5, 5.41) is 12.9. The zero-order valence-electron chi connectivity index (χ0n) is 8.32. The van der Waals surface area contributed by atoms with Crippen molar-refractivity contribution in [2.45, 2.75) is 39.7 Å². The van der Waals surface area contributed by atoms with Gasteiger partial charge in [0.1, 0.15) is 0 Å². The minimum absolute atomic E-state index is 0.424. The second-order valence-electron chi connectivity index (χ2n) is 3.76. The Hall–Kier alpha value is -0.900. The lowest BCUT2D eigenvalue weighted by Gasteiger charge is -1.97. The van der Waals surface area contributed by atoms with Gasteiger partial charge < -0.3 is 9.63 Å². The van der Waals surface area contributed by atoms with Crippen LogP contribution in [0.5, 0.6) is 0 Å². The van der Waals surface area contributed by atoms with E-state index in [1.165, 1.54) is 0 Å². The van der Waals surface area contributed by atoms with Crippen molar-refractivity contribution in [2.75, 3.05) is 0 Å². The van der Waals surface area contributed by atoms with Crippen molar-refractivity contribution >= 4 is 0 Å². The highest BCUT2D eigenvalue weighted by Crippen LogP contribution is 2.06. The van der Waals surface area contributed by atoms with E-state index in [9.17, 15) is 0 Å². The van der Waals surface area contributed by atoms with Crippen LogP contribution in [0.3, 0.4) is 0 Å². The summed E-state index contributed by atoms with van der Waals surface area (Å²) in [7, 11) is 0. The molecule has 1 N–H and O–H groups in total. The summed E-state index contributed by atoms with van der Waals surface area (Å²) in [5.41, 5.74) is 0. The minimum atomic E-state index is -0.424. The van der Waals surface area contributed by atoms with Crippen LogP contribution in [-0.2, 0) is 12.8 Å². The number of aliphatic hydroxyl groups is 1. The Morgan fingerprint density at radius 2 is 2.00 bits per heavy atom. The summed E-state index contributed by atoms with van der Waals surface area (Å²) in [6, 6.07) is 0. The molecule has 13 heavy (non-hydrogen) atoms. The molecule has 0 saturated heterocycles. The summed E-state index contributed by atoms with van der Waals surface area (Å²) >= 11 is 0. The van der Waals surface area contributed by atoms with Gasteiger partial charge in [-0.1, -0.05) is 19.0 Å². The van der Waals surface area contributed by atoms with Gasteiger partial charge >= 0.3 is 0 Å². The SMILES string of the molecule is CC(C)Cc1noc(CC(C)O)n1. The molecule has 0 aromatic carbocycles. The molecular formula is C9H16N2O2. The molecule has 0 amide bonds. The number of hydrogen-bond donors (Lipinski definition) is 1. The van der Waals surface area contributed by atoms with Gasteiger partial charge in [-0.15, -0.1) is 0 Å². The van der Waals surface area contributed by atoms with Crippen LogP contribution in [0.25, 0.3) is 0 Å². The molecule has 4 nitrogen and oxygen atoms in total. The Kier molecular flexibility index (Phi) is 3.42.